The fraction of sp³-hybridized carbons (Fsp3) is 0.167. The fourth-order valence-corrected chi connectivity index (χ4v) is 2.91. The summed E-state index contributed by atoms with van der Waals surface area (Å²) in [7, 11) is 3.43. The van der Waals surface area contributed by atoms with Gasteiger partial charge in [0, 0.05) is 37.1 Å². The van der Waals surface area contributed by atoms with Crippen LogP contribution in [0.2, 0.25) is 5.02 Å². The molecule has 6 heteroatoms. The van der Waals surface area contributed by atoms with Gasteiger partial charge in [-0.3, -0.25) is 4.79 Å². The van der Waals surface area contributed by atoms with Crippen molar-refractivity contribution in [3.05, 3.63) is 71.0 Å². The van der Waals surface area contributed by atoms with Crippen LogP contribution >= 0.6 is 11.6 Å². The highest BCUT2D eigenvalue weighted by Gasteiger charge is 2.24. The maximum Gasteiger partial charge on any atom is 0.253 e. The molecule has 1 atom stereocenters. The molecule has 5 nitrogen and oxygen atoms in total. The van der Waals surface area contributed by atoms with E-state index >= 15 is 0 Å². The zero-order valence-corrected chi connectivity index (χ0v) is 14.3. The van der Waals surface area contributed by atoms with Crippen molar-refractivity contribution in [2.24, 2.45) is 0 Å². The predicted octanol–water partition coefficient (Wildman–Crippen LogP) is 3.20. The SMILES string of the molecule is CN(C)C(=O)c1ccc(N2C=CNC2c2cccc(Cl)c2)c(N)c1. The molecule has 0 bridgehead atoms. The molecule has 2 aromatic rings. The Balaban J connectivity index is 1.93. The van der Waals surface area contributed by atoms with E-state index in [2.05, 4.69) is 5.32 Å². The molecule has 1 aliphatic rings. The Morgan fingerprint density at radius 2 is 2.04 bits per heavy atom. The van der Waals surface area contributed by atoms with Crippen LogP contribution in [-0.4, -0.2) is 24.9 Å². The van der Waals surface area contributed by atoms with Gasteiger partial charge in [0.1, 0.15) is 6.17 Å². The summed E-state index contributed by atoms with van der Waals surface area (Å²) >= 11 is 6.10. The van der Waals surface area contributed by atoms with E-state index < -0.39 is 0 Å². The molecule has 2 aromatic carbocycles. The standard InChI is InChI=1S/C18H19ClN4O/c1-22(2)18(24)13-6-7-16(15(20)11-13)23-9-8-21-17(23)12-4-3-5-14(19)10-12/h3-11,17,21H,20H2,1-2H3. The third-order valence-corrected chi connectivity index (χ3v) is 4.13. The number of hydrogen-bond donors (Lipinski definition) is 2. The lowest BCUT2D eigenvalue weighted by Crippen LogP contribution is -2.27. The minimum atomic E-state index is -0.0959. The molecule has 1 aliphatic heterocycles. The van der Waals surface area contributed by atoms with Crippen molar-refractivity contribution in [1.82, 2.24) is 10.2 Å². The van der Waals surface area contributed by atoms with Gasteiger partial charge in [-0.2, -0.15) is 0 Å². The Kier molecular flexibility index (Phi) is 4.36. The van der Waals surface area contributed by atoms with Crippen molar-refractivity contribution in [2.45, 2.75) is 6.17 Å². The molecule has 0 aromatic heterocycles. The number of nitrogens with zero attached hydrogens (tertiary/aromatic N) is 2. The summed E-state index contributed by atoms with van der Waals surface area (Å²) in [5.74, 6) is -0.0743. The monoisotopic (exact) mass is 342 g/mol. The Bertz CT molecular complexity index is 803. The number of nitrogens with one attached hydrogen (secondary N) is 1. The summed E-state index contributed by atoms with van der Waals surface area (Å²) in [4.78, 5) is 15.6. The first-order chi connectivity index (χ1) is 11.5. The highest BCUT2D eigenvalue weighted by molar-refractivity contribution is 6.30. The number of halogens is 1. The molecule has 1 heterocycles. The number of benzene rings is 2. The van der Waals surface area contributed by atoms with E-state index in [9.17, 15) is 4.79 Å². The van der Waals surface area contributed by atoms with Crippen LogP contribution in [0.4, 0.5) is 11.4 Å². The van der Waals surface area contributed by atoms with Gasteiger partial charge >= 0.3 is 0 Å². The van der Waals surface area contributed by atoms with E-state index in [1.54, 1.807) is 26.2 Å². The zero-order valence-electron chi connectivity index (χ0n) is 13.5. The summed E-state index contributed by atoms with van der Waals surface area (Å²) in [6, 6.07) is 13.0. The van der Waals surface area contributed by atoms with Gasteiger partial charge in [0.25, 0.3) is 5.91 Å². The van der Waals surface area contributed by atoms with Crippen molar-refractivity contribution in [2.75, 3.05) is 24.7 Å². The van der Waals surface area contributed by atoms with Crippen LogP contribution in [0.15, 0.2) is 54.9 Å². The van der Waals surface area contributed by atoms with Crippen molar-refractivity contribution in [1.29, 1.82) is 0 Å². The lowest BCUT2D eigenvalue weighted by atomic mass is 10.1. The second-order valence-electron chi connectivity index (χ2n) is 5.82. The molecule has 0 radical (unpaired) electrons. The second kappa shape index (κ2) is 6.45. The maximum absolute atomic E-state index is 12.1. The molecular formula is C18H19ClN4O. The Hall–Kier alpha value is -2.66. The summed E-state index contributed by atoms with van der Waals surface area (Å²) in [6.45, 7) is 0. The third-order valence-electron chi connectivity index (χ3n) is 3.89. The number of amides is 1. The van der Waals surface area contributed by atoms with Crippen LogP contribution in [0, 0.1) is 0 Å². The highest BCUT2D eigenvalue weighted by Crippen LogP contribution is 2.34. The normalized spacial score (nSPS) is 16.1. The molecule has 3 N–H and O–H groups in total. The van der Waals surface area contributed by atoms with E-state index in [4.69, 9.17) is 17.3 Å². The molecule has 0 spiro atoms. The average molecular weight is 343 g/mol. The largest absolute Gasteiger partial charge is 0.397 e. The number of nitrogen functional groups attached to an aromatic ring is 1. The van der Waals surface area contributed by atoms with Crippen molar-refractivity contribution in [3.8, 4) is 0 Å². The zero-order chi connectivity index (χ0) is 17.3. The molecule has 1 amide bonds. The quantitative estimate of drug-likeness (QED) is 0.841. The molecule has 1 unspecified atom stereocenters. The van der Waals surface area contributed by atoms with Gasteiger partial charge < -0.3 is 20.9 Å². The first-order valence-corrected chi connectivity index (χ1v) is 7.93. The van der Waals surface area contributed by atoms with E-state index in [1.807, 2.05) is 47.6 Å². The lowest BCUT2D eigenvalue weighted by molar-refractivity contribution is 0.0827. The van der Waals surface area contributed by atoms with E-state index in [1.165, 1.54) is 4.90 Å². The fourth-order valence-electron chi connectivity index (χ4n) is 2.71. The third kappa shape index (κ3) is 3.03. The number of nitrogens with two attached hydrogens (primary N) is 1. The minimum absolute atomic E-state index is 0.0743. The first-order valence-electron chi connectivity index (χ1n) is 7.55. The maximum atomic E-state index is 12.1. The van der Waals surface area contributed by atoms with Gasteiger partial charge in [-0.1, -0.05) is 23.7 Å². The van der Waals surface area contributed by atoms with Gasteiger partial charge in [-0.25, -0.2) is 0 Å². The van der Waals surface area contributed by atoms with Gasteiger partial charge in [-0.15, -0.1) is 0 Å². The van der Waals surface area contributed by atoms with Crippen LogP contribution < -0.4 is 16.0 Å². The summed E-state index contributed by atoms with van der Waals surface area (Å²) < 4.78 is 0. The molecule has 0 fully saturated rings. The van der Waals surface area contributed by atoms with Crippen LogP contribution in [0.1, 0.15) is 22.1 Å². The number of anilines is 2. The van der Waals surface area contributed by atoms with E-state index in [-0.39, 0.29) is 12.1 Å². The number of carbonyl (C=O) groups excluding carboxylic acids is 1. The van der Waals surface area contributed by atoms with Crippen LogP contribution in [0.25, 0.3) is 0 Å². The van der Waals surface area contributed by atoms with Crippen LogP contribution in [0.3, 0.4) is 0 Å². The van der Waals surface area contributed by atoms with Crippen molar-refractivity contribution >= 4 is 28.9 Å². The lowest BCUT2D eigenvalue weighted by Gasteiger charge is -2.27. The Morgan fingerprint density at radius 3 is 2.71 bits per heavy atom. The number of carbonyl (C=O) groups is 1. The topological polar surface area (TPSA) is 61.6 Å². The molecule has 0 aliphatic carbocycles. The van der Waals surface area contributed by atoms with Gasteiger partial charge in [0.2, 0.25) is 0 Å². The Labute approximate surface area is 146 Å². The first kappa shape index (κ1) is 16.2. The summed E-state index contributed by atoms with van der Waals surface area (Å²) in [5.41, 5.74) is 9.18. The molecule has 3 rings (SSSR count). The van der Waals surface area contributed by atoms with Crippen LogP contribution in [-0.2, 0) is 0 Å². The Morgan fingerprint density at radius 1 is 1.25 bits per heavy atom. The van der Waals surface area contributed by atoms with Crippen molar-refractivity contribution < 1.29 is 4.79 Å². The molecular weight excluding hydrogens is 324 g/mol. The summed E-state index contributed by atoms with van der Waals surface area (Å²) in [6.07, 6.45) is 3.69. The molecule has 24 heavy (non-hydrogen) atoms. The second-order valence-corrected chi connectivity index (χ2v) is 6.26. The molecule has 0 saturated heterocycles. The van der Waals surface area contributed by atoms with Crippen LogP contribution in [0.5, 0.6) is 0 Å². The van der Waals surface area contributed by atoms with E-state index in [0.29, 0.717) is 16.3 Å². The average Bonchev–Trinajstić information content (AvgIpc) is 3.03. The smallest absolute Gasteiger partial charge is 0.253 e. The summed E-state index contributed by atoms with van der Waals surface area (Å²) in [5, 5.41) is 3.97. The van der Waals surface area contributed by atoms with Gasteiger partial charge in [-0.05, 0) is 35.9 Å². The number of hydrogen-bond acceptors (Lipinski definition) is 4. The molecule has 0 saturated carbocycles. The van der Waals surface area contributed by atoms with Gasteiger partial charge in [0.15, 0.2) is 0 Å². The van der Waals surface area contributed by atoms with Crippen molar-refractivity contribution in [3.63, 3.8) is 0 Å². The predicted molar refractivity (Wildman–Crippen MR) is 97.8 cm³/mol. The minimum Gasteiger partial charge on any atom is -0.397 e. The number of rotatable bonds is 3. The molecule has 124 valence electrons. The highest BCUT2D eigenvalue weighted by atomic mass is 35.5. The van der Waals surface area contributed by atoms with E-state index in [0.717, 1.165) is 11.3 Å². The van der Waals surface area contributed by atoms with Gasteiger partial charge in [0.05, 0.1) is 11.4 Å².